The van der Waals surface area contributed by atoms with Crippen molar-refractivity contribution in [1.82, 2.24) is 0 Å². The molecule has 3 rings (SSSR count). The molecule has 0 fully saturated rings. The first kappa shape index (κ1) is 35.4. The zero-order valence-electron chi connectivity index (χ0n) is 26.7. The molecule has 8 heteroatoms. The number of methoxy groups -OCH3 is 1. The Balaban J connectivity index is 1.80. The van der Waals surface area contributed by atoms with Crippen molar-refractivity contribution in [1.29, 1.82) is 0 Å². The van der Waals surface area contributed by atoms with Gasteiger partial charge < -0.3 is 33.2 Å². The average molecular weight is 629 g/mol. The summed E-state index contributed by atoms with van der Waals surface area (Å²) in [5.41, 5.74) is 1.95. The molecule has 0 bridgehead atoms. The molecule has 0 saturated heterocycles. The monoisotopic (exact) mass is 628 g/mol. The molecule has 3 aromatic carbocycles. The first-order valence-electron chi connectivity index (χ1n) is 15.2. The van der Waals surface area contributed by atoms with Crippen molar-refractivity contribution < 1.29 is 38.0 Å². The molecular weight excluding hydrogens is 584 g/mol. The van der Waals surface area contributed by atoms with Crippen LogP contribution in [0.3, 0.4) is 0 Å². The number of hydrogen-bond acceptors (Lipinski definition) is 8. The van der Waals surface area contributed by atoms with Gasteiger partial charge in [0.1, 0.15) is 47.7 Å². The van der Waals surface area contributed by atoms with Crippen LogP contribution in [0.4, 0.5) is 0 Å². The van der Waals surface area contributed by atoms with Gasteiger partial charge in [0.15, 0.2) is 0 Å². The molecule has 0 unspecified atom stereocenters. The highest BCUT2D eigenvalue weighted by Gasteiger charge is 2.13. The summed E-state index contributed by atoms with van der Waals surface area (Å²) in [6.07, 6.45) is 10.1. The van der Waals surface area contributed by atoms with Gasteiger partial charge in [0.25, 0.3) is 0 Å². The van der Waals surface area contributed by atoms with E-state index < -0.39 is 5.97 Å². The Morgan fingerprint density at radius 2 is 0.804 bits per heavy atom. The number of ether oxygens (including phenoxy) is 7. The fourth-order valence-corrected chi connectivity index (χ4v) is 4.11. The minimum absolute atomic E-state index is 0.191. The summed E-state index contributed by atoms with van der Waals surface area (Å²) in [6.45, 7) is 17.3. The summed E-state index contributed by atoms with van der Waals surface area (Å²) < 4.78 is 40.8. The highest BCUT2D eigenvalue weighted by molar-refractivity contribution is 5.90. The second-order valence-electron chi connectivity index (χ2n) is 10.1. The molecule has 0 aliphatic carbocycles. The Labute approximate surface area is 272 Å². The predicted molar refractivity (Wildman–Crippen MR) is 181 cm³/mol. The maximum Gasteiger partial charge on any atom is 0.338 e. The van der Waals surface area contributed by atoms with Crippen LogP contribution in [-0.2, 0) is 18.0 Å². The maximum atomic E-state index is 12.5. The lowest BCUT2D eigenvalue weighted by Gasteiger charge is -2.15. The molecule has 0 spiro atoms. The molecule has 3 aromatic rings. The molecule has 46 heavy (non-hydrogen) atoms. The van der Waals surface area contributed by atoms with Gasteiger partial charge in [-0.05, 0) is 73.2 Å². The zero-order chi connectivity index (χ0) is 33.0. The van der Waals surface area contributed by atoms with Crippen molar-refractivity contribution in [3.63, 3.8) is 0 Å². The lowest BCUT2D eigenvalue weighted by Crippen LogP contribution is -2.05. The van der Waals surface area contributed by atoms with E-state index in [1.165, 1.54) is 7.11 Å². The topological polar surface area (TPSA) is 81.7 Å². The molecule has 0 N–H and O–H groups in total. The smallest absolute Gasteiger partial charge is 0.338 e. The number of carbonyl (C=O) groups is 1. The first-order valence-corrected chi connectivity index (χ1v) is 15.2. The van der Waals surface area contributed by atoms with Crippen molar-refractivity contribution in [2.75, 3.05) is 33.5 Å². The van der Waals surface area contributed by atoms with Crippen LogP contribution in [0.15, 0.2) is 105 Å². The summed E-state index contributed by atoms with van der Waals surface area (Å²) in [7, 11) is 1.33. The Morgan fingerprint density at radius 3 is 1.09 bits per heavy atom. The fourth-order valence-electron chi connectivity index (χ4n) is 4.11. The minimum atomic E-state index is -0.513. The highest BCUT2D eigenvalue weighted by Crippen LogP contribution is 2.29. The van der Waals surface area contributed by atoms with E-state index in [0.29, 0.717) is 92.2 Å². The average Bonchev–Trinajstić information content (AvgIpc) is 3.06. The molecule has 8 nitrogen and oxygen atoms in total. The first-order chi connectivity index (χ1) is 22.5. The van der Waals surface area contributed by atoms with Gasteiger partial charge >= 0.3 is 5.97 Å². The third-order valence-corrected chi connectivity index (χ3v) is 6.35. The minimum Gasteiger partial charge on any atom is -0.493 e. The predicted octanol–water partition coefficient (Wildman–Crippen LogP) is 8.45. The number of rotatable bonds is 23. The molecule has 0 amide bonds. The normalized spacial score (nSPS) is 10.3. The Hall–Kier alpha value is -5.11. The summed E-state index contributed by atoms with van der Waals surface area (Å²) in [5, 5.41) is 0. The Kier molecular flexibility index (Phi) is 15.4. The number of hydrogen-bond donors (Lipinski definition) is 0. The van der Waals surface area contributed by atoms with Crippen LogP contribution in [0.5, 0.6) is 34.5 Å². The van der Waals surface area contributed by atoms with E-state index >= 15 is 0 Å². The largest absolute Gasteiger partial charge is 0.493 e. The Morgan fingerprint density at radius 1 is 0.500 bits per heavy atom. The van der Waals surface area contributed by atoms with Gasteiger partial charge in [-0.3, -0.25) is 0 Å². The van der Waals surface area contributed by atoms with Crippen LogP contribution >= 0.6 is 0 Å². The van der Waals surface area contributed by atoms with E-state index in [-0.39, 0.29) is 13.2 Å². The van der Waals surface area contributed by atoms with E-state index in [2.05, 4.69) is 26.3 Å². The highest BCUT2D eigenvalue weighted by atomic mass is 16.5. The van der Waals surface area contributed by atoms with Gasteiger partial charge in [-0.25, -0.2) is 4.79 Å². The van der Waals surface area contributed by atoms with Crippen molar-refractivity contribution in [3.8, 4) is 34.5 Å². The van der Waals surface area contributed by atoms with E-state index in [4.69, 9.17) is 33.2 Å². The molecule has 0 aliphatic heterocycles. The molecule has 0 radical (unpaired) electrons. The van der Waals surface area contributed by atoms with Crippen molar-refractivity contribution in [3.05, 3.63) is 122 Å². The number of esters is 1. The van der Waals surface area contributed by atoms with Crippen LogP contribution in [0, 0.1) is 0 Å². The SMILES string of the molecule is C=CCCOc1cc(COc2cc(OCc3cc(OCCC=C)cc(OCCC=C)c3)cc(C(=O)OC)c2)cc(OCCC=C)c1. The third kappa shape index (κ3) is 12.5. The van der Waals surface area contributed by atoms with Gasteiger partial charge in [0.2, 0.25) is 0 Å². The zero-order valence-corrected chi connectivity index (χ0v) is 26.7. The Bertz CT molecular complexity index is 1280. The van der Waals surface area contributed by atoms with Crippen LogP contribution < -0.4 is 28.4 Å². The molecule has 0 atom stereocenters. The van der Waals surface area contributed by atoms with Gasteiger partial charge in [-0.2, -0.15) is 0 Å². The van der Waals surface area contributed by atoms with Crippen LogP contribution in [0.25, 0.3) is 0 Å². The van der Waals surface area contributed by atoms with Gasteiger partial charge in [-0.15, -0.1) is 26.3 Å². The maximum absolute atomic E-state index is 12.5. The number of benzene rings is 3. The van der Waals surface area contributed by atoms with E-state index in [1.54, 1.807) is 42.5 Å². The van der Waals surface area contributed by atoms with Crippen LogP contribution in [0.2, 0.25) is 0 Å². The molecule has 244 valence electrons. The van der Waals surface area contributed by atoms with Crippen molar-refractivity contribution in [2.45, 2.75) is 38.9 Å². The summed E-state index contributed by atoms with van der Waals surface area (Å²) in [4.78, 5) is 12.5. The van der Waals surface area contributed by atoms with Crippen molar-refractivity contribution >= 4 is 5.97 Å². The van der Waals surface area contributed by atoms with E-state index in [9.17, 15) is 4.79 Å². The summed E-state index contributed by atoms with van der Waals surface area (Å²) in [6, 6.07) is 16.2. The van der Waals surface area contributed by atoms with Crippen molar-refractivity contribution in [2.24, 2.45) is 0 Å². The lowest BCUT2D eigenvalue weighted by atomic mass is 10.2. The summed E-state index contributed by atoms with van der Waals surface area (Å²) in [5.74, 6) is 2.99. The van der Waals surface area contributed by atoms with Gasteiger partial charge in [0, 0.05) is 18.2 Å². The molecule has 0 aromatic heterocycles. The van der Waals surface area contributed by atoms with Gasteiger partial charge in [-0.1, -0.05) is 24.3 Å². The van der Waals surface area contributed by atoms with E-state index in [1.807, 2.05) is 36.4 Å². The molecule has 0 heterocycles. The standard InChI is InChI=1S/C38H44O8/c1-6-10-14-41-32-18-29(19-33(24-32)42-15-11-7-2)27-45-36-22-31(38(39)40-5)23-37(26-36)46-28-30-20-34(43-16-12-8-3)25-35(21-30)44-17-13-9-4/h6-9,18-26H,1-4,10-17,27-28H2,5H3. The number of carbonyl (C=O) groups excluding carboxylic acids is 1. The summed E-state index contributed by atoms with van der Waals surface area (Å²) >= 11 is 0. The van der Waals surface area contributed by atoms with E-state index in [0.717, 1.165) is 11.1 Å². The second-order valence-corrected chi connectivity index (χ2v) is 10.1. The van der Waals surface area contributed by atoms with Crippen LogP contribution in [-0.4, -0.2) is 39.5 Å². The van der Waals surface area contributed by atoms with Crippen LogP contribution in [0.1, 0.15) is 47.2 Å². The fraction of sp³-hybridized carbons (Fsp3) is 0.289. The molecule has 0 saturated carbocycles. The lowest BCUT2D eigenvalue weighted by molar-refractivity contribution is 0.0599. The molecule has 0 aliphatic rings. The molecular formula is C38H44O8. The quantitative estimate of drug-likeness (QED) is 0.0588. The second kappa shape index (κ2) is 20.0. The third-order valence-electron chi connectivity index (χ3n) is 6.35. The van der Waals surface area contributed by atoms with Gasteiger partial charge in [0.05, 0.1) is 39.1 Å².